The highest BCUT2D eigenvalue weighted by molar-refractivity contribution is 6.31. The third-order valence-corrected chi connectivity index (χ3v) is 10.2. The van der Waals surface area contributed by atoms with Gasteiger partial charge in [-0.2, -0.15) is 0 Å². The molecule has 4 heterocycles. The number of ether oxygens (including phenoxy) is 1. The van der Waals surface area contributed by atoms with Gasteiger partial charge in [0, 0.05) is 52.8 Å². The van der Waals surface area contributed by atoms with E-state index in [-0.39, 0.29) is 17.0 Å². The van der Waals surface area contributed by atoms with Gasteiger partial charge in [-0.25, -0.2) is 9.37 Å². The van der Waals surface area contributed by atoms with E-state index in [1.165, 1.54) is 6.07 Å². The second-order valence-corrected chi connectivity index (χ2v) is 12.8. The predicted molar refractivity (Wildman–Crippen MR) is 174 cm³/mol. The lowest BCUT2D eigenvalue weighted by Gasteiger charge is -2.40. The number of amides is 2. The third-order valence-electron chi connectivity index (χ3n) is 9.67. The second kappa shape index (κ2) is 10.6. The summed E-state index contributed by atoms with van der Waals surface area (Å²) >= 11 is 12.8. The molecule has 8 nitrogen and oxygen atoms in total. The standard InChI is InChI=1S/C35H28Cl2FN5O3/c1-2-46-21-6-3-5-18(13-21)16-43-28-17-42-27-12-9-19(32(39)44)14-26(27)40-33(42)29(28)30(22-7-4-8-24(37)31(22)38)35(43)23-11-10-20(36)15-25(23)41-34(35)45/h3-15,28-30H,2,16-17H2,1H3,(H2,39,44)(H,41,45)/t28-,29+,30-,35+/m1/s1. The first kappa shape index (κ1) is 29.0. The molecule has 1 spiro atoms. The van der Waals surface area contributed by atoms with Gasteiger partial charge < -0.3 is 20.4 Å². The summed E-state index contributed by atoms with van der Waals surface area (Å²) in [5.74, 6) is -1.14. The summed E-state index contributed by atoms with van der Waals surface area (Å²) in [4.78, 5) is 33.9. The molecule has 232 valence electrons. The molecule has 4 atom stereocenters. The van der Waals surface area contributed by atoms with E-state index in [4.69, 9.17) is 38.7 Å². The zero-order valence-electron chi connectivity index (χ0n) is 24.6. The maximum atomic E-state index is 16.3. The maximum Gasteiger partial charge on any atom is 0.250 e. The molecule has 3 N–H and O–H groups in total. The van der Waals surface area contributed by atoms with Crippen LogP contribution in [0.2, 0.25) is 10.0 Å². The summed E-state index contributed by atoms with van der Waals surface area (Å²) < 4.78 is 24.3. The molecule has 1 fully saturated rings. The van der Waals surface area contributed by atoms with Gasteiger partial charge in [0.15, 0.2) is 0 Å². The van der Waals surface area contributed by atoms with Crippen LogP contribution in [0.4, 0.5) is 10.1 Å². The number of nitrogens with zero attached hydrogens (tertiary/aromatic N) is 3. The maximum absolute atomic E-state index is 16.3. The summed E-state index contributed by atoms with van der Waals surface area (Å²) in [6.45, 7) is 3.29. The number of hydrogen-bond acceptors (Lipinski definition) is 5. The Morgan fingerprint density at radius 2 is 1.93 bits per heavy atom. The molecule has 3 aliphatic rings. The molecule has 0 aliphatic carbocycles. The number of aromatic nitrogens is 2. The highest BCUT2D eigenvalue weighted by atomic mass is 35.5. The van der Waals surface area contributed by atoms with Gasteiger partial charge in [0.2, 0.25) is 11.8 Å². The monoisotopic (exact) mass is 655 g/mol. The van der Waals surface area contributed by atoms with Crippen LogP contribution in [-0.4, -0.2) is 38.9 Å². The Kier molecular flexibility index (Phi) is 6.65. The Balaban J connectivity index is 1.40. The van der Waals surface area contributed by atoms with Gasteiger partial charge in [0.25, 0.3) is 0 Å². The number of hydrogen-bond donors (Lipinski definition) is 2. The van der Waals surface area contributed by atoms with Crippen LogP contribution in [0.5, 0.6) is 5.75 Å². The largest absolute Gasteiger partial charge is 0.494 e. The highest BCUT2D eigenvalue weighted by Crippen LogP contribution is 2.65. The normalized spacial score (nSPS) is 23.0. The molecule has 1 saturated heterocycles. The van der Waals surface area contributed by atoms with Crippen LogP contribution in [0.3, 0.4) is 0 Å². The van der Waals surface area contributed by atoms with Gasteiger partial charge in [-0.15, -0.1) is 0 Å². The predicted octanol–water partition coefficient (Wildman–Crippen LogP) is 6.59. The second-order valence-electron chi connectivity index (χ2n) is 12.0. The molecular formula is C35H28Cl2FN5O3. The topological polar surface area (TPSA) is 102 Å². The molecule has 5 aromatic rings. The van der Waals surface area contributed by atoms with Crippen LogP contribution in [0.1, 0.15) is 51.6 Å². The Morgan fingerprint density at radius 3 is 2.74 bits per heavy atom. The van der Waals surface area contributed by atoms with Crippen LogP contribution < -0.4 is 15.8 Å². The van der Waals surface area contributed by atoms with Crippen molar-refractivity contribution in [2.24, 2.45) is 5.73 Å². The number of likely N-dealkylation sites (tertiary alicyclic amines) is 1. The molecule has 8 rings (SSSR count). The van der Waals surface area contributed by atoms with Crippen LogP contribution in [-0.2, 0) is 23.4 Å². The molecule has 2 amide bonds. The van der Waals surface area contributed by atoms with Gasteiger partial charge in [-0.05, 0) is 66.6 Å². The Bertz CT molecular complexity index is 2100. The van der Waals surface area contributed by atoms with E-state index in [1.54, 1.807) is 36.4 Å². The molecule has 3 aliphatic heterocycles. The average Bonchev–Trinajstić information content (AvgIpc) is 3.72. The number of benzene rings is 4. The van der Waals surface area contributed by atoms with Crippen molar-refractivity contribution in [1.82, 2.24) is 14.5 Å². The molecule has 0 unspecified atom stereocenters. The minimum absolute atomic E-state index is 0.0283. The van der Waals surface area contributed by atoms with Crippen molar-refractivity contribution in [1.29, 1.82) is 0 Å². The quantitative estimate of drug-likeness (QED) is 0.215. The van der Waals surface area contributed by atoms with Crippen molar-refractivity contribution < 1.29 is 18.7 Å². The van der Waals surface area contributed by atoms with Crippen molar-refractivity contribution >= 4 is 51.7 Å². The highest BCUT2D eigenvalue weighted by Gasteiger charge is 2.69. The van der Waals surface area contributed by atoms with E-state index < -0.39 is 29.1 Å². The number of anilines is 1. The van der Waals surface area contributed by atoms with Crippen molar-refractivity contribution in [3.8, 4) is 5.75 Å². The lowest BCUT2D eigenvalue weighted by molar-refractivity contribution is -0.128. The van der Waals surface area contributed by atoms with E-state index >= 15 is 4.39 Å². The number of nitrogens with one attached hydrogen (secondary N) is 1. The number of imidazole rings is 1. The van der Waals surface area contributed by atoms with Crippen LogP contribution in [0.25, 0.3) is 11.0 Å². The Labute approximate surface area is 273 Å². The number of rotatable bonds is 6. The summed E-state index contributed by atoms with van der Waals surface area (Å²) in [6.07, 6.45) is 0. The summed E-state index contributed by atoms with van der Waals surface area (Å²) in [5, 5.41) is 3.53. The lowest BCUT2D eigenvalue weighted by Crippen LogP contribution is -2.52. The Hall–Kier alpha value is -4.44. The minimum Gasteiger partial charge on any atom is -0.494 e. The first-order chi connectivity index (χ1) is 22.2. The van der Waals surface area contributed by atoms with E-state index in [0.29, 0.717) is 58.4 Å². The zero-order valence-corrected chi connectivity index (χ0v) is 26.1. The van der Waals surface area contributed by atoms with Gasteiger partial charge in [0.05, 0.1) is 22.7 Å². The number of fused-ring (bicyclic) bond motifs is 7. The molecular weight excluding hydrogens is 628 g/mol. The van der Waals surface area contributed by atoms with E-state index in [9.17, 15) is 9.59 Å². The average molecular weight is 657 g/mol. The smallest absolute Gasteiger partial charge is 0.250 e. The zero-order chi connectivity index (χ0) is 31.9. The number of nitrogens with two attached hydrogens (primary N) is 1. The van der Waals surface area contributed by atoms with E-state index in [1.807, 2.05) is 43.3 Å². The van der Waals surface area contributed by atoms with Crippen molar-refractivity contribution in [2.45, 2.75) is 43.4 Å². The summed E-state index contributed by atoms with van der Waals surface area (Å²) in [6, 6.07) is 23.0. The molecule has 1 aromatic heterocycles. The SMILES string of the molecule is CCOc1cccc(CN2[C@@H]3Cn4c(nc5cc(C(N)=O)ccc54)[C@@H]3[C@@H](c3cccc(Cl)c3F)[C@@]23C(=O)Nc2cc(Cl)ccc23)c1. The molecule has 46 heavy (non-hydrogen) atoms. The van der Waals surface area contributed by atoms with Crippen molar-refractivity contribution in [3.05, 3.63) is 123 Å². The van der Waals surface area contributed by atoms with Crippen LogP contribution in [0.15, 0.2) is 78.9 Å². The first-order valence-electron chi connectivity index (χ1n) is 15.1. The van der Waals surface area contributed by atoms with E-state index in [0.717, 1.165) is 16.8 Å². The molecule has 4 aromatic carbocycles. The van der Waals surface area contributed by atoms with E-state index in [2.05, 4.69) is 14.8 Å². The van der Waals surface area contributed by atoms with Gasteiger partial charge in [-0.1, -0.05) is 53.5 Å². The Morgan fingerprint density at radius 1 is 1.11 bits per heavy atom. The number of halogens is 3. The summed E-state index contributed by atoms with van der Waals surface area (Å²) in [7, 11) is 0. The van der Waals surface area contributed by atoms with Crippen molar-refractivity contribution in [3.63, 3.8) is 0 Å². The fourth-order valence-electron chi connectivity index (χ4n) is 7.99. The number of carbonyl (C=O) groups is 2. The molecule has 11 heteroatoms. The van der Waals surface area contributed by atoms with Crippen LogP contribution >= 0.6 is 23.2 Å². The van der Waals surface area contributed by atoms with Gasteiger partial charge >= 0.3 is 0 Å². The van der Waals surface area contributed by atoms with Gasteiger partial charge in [0.1, 0.15) is 22.9 Å². The fourth-order valence-corrected chi connectivity index (χ4v) is 8.34. The number of primary amides is 1. The van der Waals surface area contributed by atoms with Crippen molar-refractivity contribution in [2.75, 3.05) is 11.9 Å². The third kappa shape index (κ3) is 4.05. The first-order valence-corrected chi connectivity index (χ1v) is 15.8. The fraction of sp³-hybridized carbons (Fsp3) is 0.229. The molecule has 0 radical (unpaired) electrons. The number of carbonyl (C=O) groups excluding carboxylic acids is 2. The minimum atomic E-state index is -1.34. The summed E-state index contributed by atoms with van der Waals surface area (Å²) in [5.41, 5.74) is 8.57. The lowest BCUT2D eigenvalue weighted by atomic mass is 9.71. The molecule has 0 bridgehead atoms. The van der Waals surface area contributed by atoms with Gasteiger partial charge in [-0.3, -0.25) is 14.5 Å². The molecule has 0 saturated carbocycles. The van der Waals surface area contributed by atoms with Crippen LogP contribution in [0, 0.1) is 5.82 Å².